The van der Waals surface area contributed by atoms with E-state index in [2.05, 4.69) is 10.8 Å². The lowest BCUT2D eigenvalue weighted by atomic mass is 10.0. The van der Waals surface area contributed by atoms with E-state index in [0.29, 0.717) is 11.1 Å². The molecule has 3 heteroatoms. The summed E-state index contributed by atoms with van der Waals surface area (Å²) in [5.74, 6) is -0.891. The first-order chi connectivity index (χ1) is 10.3. The maximum absolute atomic E-state index is 12.5. The third kappa shape index (κ3) is 2.73. The van der Waals surface area contributed by atoms with Crippen LogP contribution < -0.4 is 0 Å². The third-order valence-electron chi connectivity index (χ3n) is 3.27. The van der Waals surface area contributed by atoms with E-state index in [4.69, 9.17) is 0 Å². The Morgan fingerprint density at radius 1 is 0.714 bits per heavy atom. The molecule has 0 amide bonds. The Bertz CT molecular complexity index is 733. The van der Waals surface area contributed by atoms with Crippen molar-refractivity contribution in [3.63, 3.8) is 0 Å². The number of ketones is 2. The van der Waals surface area contributed by atoms with Gasteiger partial charge >= 0.3 is 0 Å². The van der Waals surface area contributed by atoms with Gasteiger partial charge in [-0.15, -0.1) is 0 Å². The molecule has 3 rings (SSSR count). The summed E-state index contributed by atoms with van der Waals surface area (Å²) in [6.07, 6.45) is 3.96. The second-order valence-corrected chi connectivity index (χ2v) is 6.52. The predicted octanol–water partition coefficient (Wildman–Crippen LogP) is 4.15. The summed E-state index contributed by atoms with van der Waals surface area (Å²) in [4.78, 5) is 25.8. The van der Waals surface area contributed by atoms with Crippen molar-refractivity contribution >= 4 is 22.5 Å². The van der Waals surface area contributed by atoms with Crippen LogP contribution in [0, 0.1) is 0 Å². The quantitative estimate of drug-likeness (QED) is 0.522. The second-order valence-electron chi connectivity index (χ2n) is 4.63. The number of thiol groups is 1. The second kappa shape index (κ2) is 5.94. The zero-order valence-electron chi connectivity index (χ0n) is 11.3. The lowest BCUT2D eigenvalue weighted by Crippen LogP contribution is -2.15. The molecular weight excluding hydrogens is 280 g/mol. The molecule has 21 heavy (non-hydrogen) atoms. The minimum Gasteiger partial charge on any atom is -0.285 e. The van der Waals surface area contributed by atoms with Gasteiger partial charge in [0.1, 0.15) is 0 Å². The van der Waals surface area contributed by atoms with E-state index < -0.39 is 22.5 Å². The highest BCUT2D eigenvalue weighted by atomic mass is 32.2. The molecule has 2 nitrogen and oxygen atoms in total. The molecule has 104 valence electrons. The molecule has 0 aliphatic carbocycles. The summed E-state index contributed by atoms with van der Waals surface area (Å²) >= 11 is 0. The van der Waals surface area contributed by atoms with Gasteiger partial charge in [0.15, 0.2) is 0 Å². The Kier molecular flexibility index (Phi) is 3.84. The van der Waals surface area contributed by atoms with Crippen molar-refractivity contribution in [3.05, 3.63) is 88.7 Å². The predicted molar refractivity (Wildman–Crippen MR) is 87.1 cm³/mol. The van der Waals surface area contributed by atoms with Crippen molar-refractivity contribution in [1.82, 2.24) is 0 Å². The zero-order chi connectivity index (χ0) is 14.7. The topological polar surface area (TPSA) is 34.1 Å². The number of Topliss-reactive ketones (excluding diaryl/α,β-unsaturated/α-hetero) is 2. The van der Waals surface area contributed by atoms with Crippen LogP contribution in [0.3, 0.4) is 0 Å². The highest BCUT2D eigenvalue weighted by Gasteiger charge is 2.22. The number of carbonyl (C=O) groups is 2. The van der Waals surface area contributed by atoms with Gasteiger partial charge in [0.2, 0.25) is 11.6 Å². The van der Waals surface area contributed by atoms with Gasteiger partial charge in [-0.05, 0) is 22.9 Å². The van der Waals surface area contributed by atoms with Crippen molar-refractivity contribution in [3.8, 4) is 0 Å². The summed E-state index contributed by atoms with van der Waals surface area (Å²) in [5.41, 5.74) is 0.941. The van der Waals surface area contributed by atoms with Crippen LogP contribution in [0.5, 0.6) is 0 Å². The molecule has 0 saturated heterocycles. The molecule has 0 saturated carbocycles. The van der Waals surface area contributed by atoms with E-state index >= 15 is 0 Å². The lowest BCUT2D eigenvalue weighted by molar-refractivity contribution is 0.0815. The minimum atomic E-state index is -0.621. The van der Waals surface area contributed by atoms with Gasteiger partial charge in [-0.2, -0.15) is 10.9 Å². The summed E-state index contributed by atoms with van der Waals surface area (Å²) in [6, 6.07) is 16.1. The van der Waals surface area contributed by atoms with Crippen LogP contribution in [0.4, 0.5) is 0 Å². The number of rotatable bonds is 4. The largest absolute Gasteiger partial charge is 0.285 e. The van der Waals surface area contributed by atoms with E-state index in [1.165, 1.54) is 0 Å². The van der Waals surface area contributed by atoms with Crippen molar-refractivity contribution in [2.75, 3.05) is 0 Å². The average Bonchev–Trinajstić information content (AvgIpc) is 3.08. The van der Waals surface area contributed by atoms with E-state index in [9.17, 15) is 9.59 Å². The van der Waals surface area contributed by atoms with Gasteiger partial charge in [-0.1, -0.05) is 54.6 Å². The molecule has 2 aromatic rings. The number of hydrogen-bond donors (Lipinski definition) is 1. The molecule has 0 aromatic heterocycles. The van der Waals surface area contributed by atoms with Crippen molar-refractivity contribution in [1.29, 1.82) is 0 Å². The molecular formula is C18H14O2S. The van der Waals surface area contributed by atoms with Crippen LogP contribution >= 0.6 is 10.9 Å². The molecule has 0 fully saturated rings. The van der Waals surface area contributed by atoms with Crippen molar-refractivity contribution < 1.29 is 9.59 Å². The van der Waals surface area contributed by atoms with Crippen LogP contribution in [-0.4, -0.2) is 11.6 Å². The molecule has 0 unspecified atom stereocenters. The molecule has 0 N–H and O–H groups in total. The summed E-state index contributed by atoms with van der Waals surface area (Å²) in [7, 11) is -0.621. The Labute approximate surface area is 126 Å². The Hall–Kier alpha value is -2.39. The van der Waals surface area contributed by atoms with Gasteiger partial charge < -0.3 is 0 Å². The third-order valence-corrected chi connectivity index (χ3v) is 5.21. The lowest BCUT2D eigenvalue weighted by Gasteiger charge is -2.14. The molecule has 2 aromatic carbocycles. The maximum Gasteiger partial charge on any atom is 0.234 e. The maximum atomic E-state index is 12.5. The van der Waals surface area contributed by atoms with Crippen LogP contribution in [-0.2, 0) is 0 Å². The van der Waals surface area contributed by atoms with E-state index in [-0.39, 0.29) is 0 Å². The highest BCUT2D eigenvalue weighted by Crippen LogP contribution is 2.43. The Balaban J connectivity index is 1.97. The monoisotopic (exact) mass is 294 g/mol. The Morgan fingerprint density at radius 3 is 2.05 bits per heavy atom. The van der Waals surface area contributed by atoms with Gasteiger partial charge in [-0.25, -0.2) is 0 Å². The van der Waals surface area contributed by atoms with Crippen LogP contribution in [0.25, 0.3) is 0 Å². The number of carbonyl (C=O) groups excluding carboxylic acids is 2. The van der Waals surface area contributed by atoms with Gasteiger partial charge in [0, 0.05) is 16.0 Å². The van der Waals surface area contributed by atoms with Crippen LogP contribution in [0.1, 0.15) is 20.7 Å². The number of allylic oxidation sites excluding steroid dienone is 2. The minimum absolute atomic E-state index is 0.433. The number of benzene rings is 2. The summed E-state index contributed by atoms with van der Waals surface area (Å²) < 4.78 is 0. The first-order valence-corrected chi connectivity index (χ1v) is 8.12. The average molecular weight is 294 g/mol. The first-order valence-electron chi connectivity index (χ1n) is 6.64. The van der Waals surface area contributed by atoms with E-state index in [0.717, 1.165) is 4.90 Å². The number of hydrogen-bond acceptors (Lipinski definition) is 2. The molecule has 0 atom stereocenters. The molecule has 0 radical (unpaired) electrons. The normalized spacial score (nSPS) is 14.4. The van der Waals surface area contributed by atoms with E-state index in [1.54, 1.807) is 36.4 Å². The van der Waals surface area contributed by atoms with Crippen LogP contribution in [0.2, 0.25) is 0 Å². The highest BCUT2D eigenvalue weighted by molar-refractivity contribution is 8.22. The molecule has 1 heterocycles. The fourth-order valence-corrected chi connectivity index (χ4v) is 3.93. The molecule has 0 bridgehead atoms. The fourth-order valence-electron chi connectivity index (χ4n) is 2.23. The van der Waals surface area contributed by atoms with Gasteiger partial charge in [0.25, 0.3) is 0 Å². The van der Waals surface area contributed by atoms with E-state index in [1.807, 2.05) is 30.4 Å². The molecule has 1 aliphatic heterocycles. The van der Waals surface area contributed by atoms with Gasteiger partial charge in [-0.3, -0.25) is 9.59 Å². The van der Waals surface area contributed by atoms with Crippen molar-refractivity contribution in [2.24, 2.45) is 0 Å². The van der Waals surface area contributed by atoms with Crippen LogP contribution in [0.15, 0.2) is 82.5 Å². The molecule has 1 aliphatic rings. The summed E-state index contributed by atoms with van der Waals surface area (Å²) in [5, 5.41) is 4.16. The first kappa shape index (κ1) is 13.6. The Morgan fingerprint density at radius 2 is 1.33 bits per heavy atom. The smallest absolute Gasteiger partial charge is 0.234 e. The standard InChI is InChI=1S/C18H14O2S/c19-17(14-8-2-1-3-9-14)18(20)15-10-4-5-11-16(15)21-12-6-7-13-21/h1-13,21H. The SMILES string of the molecule is O=C(C(=O)c1ccccc1[SH]1C=CC=C1)c1ccccc1. The van der Waals surface area contributed by atoms with Crippen molar-refractivity contribution in [2.45, 2.75) is 4.90 Å². The van der Waals surface area contributed by atoms with Gasteiger partial charge in [0.05, 0.1) is 0 Å². The fraction of sp³-hybridized carbons (Fsp3) is 0. The molecule has 0 spiro atoms. The summed E-state index contributed by atoms with van der Waals surface area (Å²) in [6.45, 7) is 0. The zero-order valence-corrected chi connectivity index (χ0v) is 12.2.